The number of aryl methyl sites for hydroxylation is 3. The first kappa shape index (κ1) is 19.4. The molecule has 1 unspecified atom stereocenters. The molecule has 1 aliphatic rings. The van der Waals surface area contributed by atoms with Gasteiger partial charge in [-0.1, -0.05) is 6.42 Å². The summed E-state index contributed by atoms with van der Waals surface area (Å²) >= 11 is 1.40. The molecule has 0 radical (unpaired) electrons. The third-order valence-electron chi connectivity index (χ3n) is 4.55. The Hall–Kier alpha value is -2.39. The number of anilines is 1. The number of nitrogens with two attached hydrogens (primary N) is 1. The second kappa shape index (κ2) is 9.01. The van der Waals surface area contributed by atoms with Crippen molar-refractivity contribution in [3.05, 3.63) is 33.8 Å². The molecular weight excluding hydrogens is 364 g/mol. The Bertz CT molecular complexity index is 792. The molecule has 3 rings (SSSR count). The smallest absolute Gasteiger partial charge is 0.316 e. The van der Waals surface area contributed by atoms with Crippen LogP contribution < -0.4 is 21.7 Å². The number of hydrogen-bond acceptors (Lipinski definition) is 5. The maximum atomic E-state index is 12.8. The molecule has 1 atom stereocenters. The van der Waals surface area contributed by atoms with Crippen molar-refractivity contribution in [2.45, 2.75) is 38.1 Å². The minimum Gasteiger partial charge on any atom is -0.351 e. The molecule has 0 aliphatic carbocycles. The first-order valence-corrected chi connectivity index (χ1v) is 10.0. The average Bonchev–Trinajstić information content (AvgIpc) is 3.11. The lowest BCUT2D eigenvalue weighted by Crippen LogP contribution is -2.40. The fourth-order valence-corrected chi connectivity index (χ4v) is 4.24. The summed E-state index contributed by atoms with van der Waals surface area (Å²) in [6.45, 7) is 1.75. The van der Waals surface area contributed by atoms with E-state index in [0.29, 0.717) is 10.6 Å². The lowest BCUT2D eigenvalue weighted by Gasteiger charge is -2.16. The van der Waals surface area contributed by atoms with Gasteiger partial charge in [-0.3, -0.25) is 9.48 Å². The molecule has 2 aromatic rings. The standard InChI is InChI=1S/C18H26N6O2S/c1-24-11-12(9-21-24)5-6-14-8-15(23-18(19)26)16(27-14)17(25)22-13-4-2-3-7-20-10-13/h8-9,11,13,20H,2-7,10H2,1H3,(H,22,25)(H3,19,23,26). The number of aromatic nitrogens is 2. The van der Waals surface area contributed by atoms with Gasteiger partial charge in [0.25, 0.3) is 5.91 Å². The molecule has 3 amide bonds. The van der Waals surface area contributed by atoms with Gasteiger partial charge < -0.3 is 21.7 Å². The third kappa shape index (κ3) is 5.54. The number of amides is 3. The molecule has 0 bridgehead atoms. The molecule has 5 N–H and O–H groups in total. The topological polar surface area (TPSA) is 114 Å². The van der Waals surface area contributed by atoms with Crippen LogP contribution in [0.1, 0.15) is 39.4 Å². The summed E-state index contributed by atoms with van der Waals surface area (Å²) in [4.78, 5) is 25.6. The molecule has 27 heavy (non-hydrogen) atoms. The van der Waals surface area contributed by atoms with Gasteiger partial charge in [-0.2, -0.15) is 5.10 Å². The number of carbonyl (C=O) groups excluding carboxylic acids is 2. The van der Waals surface area contributed by atoms with Crippen LogP contribution in [0.4, 0.5) is 10.5 Å². The Morgan fingerprint density at radius 1 is 1.41 bits per heavy atom. The molecule has 0 aromatic carbocycles. The van der Waals surface area contributed by atoms with Crippen LogP contribution in [0.2, 0.25) is 0 Å². The summed E-state index contributed by atoms with van der Waals surface area (Å²) in [6, 6.07) is 1.27. The van der Waals surface area contributed by atoms with Crippen molar-refractivity contribution in [3.8, 4) is 0 Å². The van der Waals surface area contributed by atoms with Crippen molar-refractivity contribution in [2.24, 2.45) is 12.8 Å². The van der Waals surface area contributed by atoms with E-state index in [9.17, 15) is 9.59 Å². The normalized spacial score (nSPS) is 17.3. The van der Waals surface area contributed by atoms with E-state index in [1.807, 2.05) is 25.5 Å². The zero-order valence-corrected chi connectivity index (χ0v) is 16.3. The Balaban J connectivity index is 1.70. The van der Waals surface area contributed by atoms with Crippen LogP contribution in [0.25, 0.3) is 0 Å². The fourth-order valence-electron chi connectivity index (χ4n) is 3.22. The molecule has 1 saturated heterocycles. The number of carbonyl (C=O) groups is 2. The largest absolute Gasteiger partial charge is 0.351 e. The van der Waals surface area contributed by atoms with Crippen LogP contribution in [-0.2, 0) is 19.9 Å². The van der Waals surface area contributed by atoms with Gasteiger partial charge in [-0.05, 0) is 43.9 Å². The predicted molar refractivity (Wildman–Crippen MR) is 106 cm³/mol. The van der Waals surface area contributed by atoms with Crippen LogP contribution in [0, 0.1) is 0 Å². The predicted octanol–water partition coefficient (Wildman–Crippen LogP) is 1.63. The van der Waals surface area contributed by atoms with Gasteiger partial charge in [0.05, 0.1) is 11.9 Å². The van der Waals surface area contributed by atoms with E-state index in [0.717, 1.165) is 55.6 Å². The van der Waals surface area contributed by atoms with E-state index in [4.69, 9.17) is 5.73 Å². The van der Waals surface area contributed by atoms with Crippen LogP contribution in [0.3, 0.4) is 0 Å². The number of thiophene rings is 1. The van der Waals surface area contributed by atoms with E-state index < -0.39 is 6.03 Å². The first-order chi connectivity index (χ1) is 13.0. The summed E-state index contributed by atoms with van der Waals surface area (Å²) in [5.41, 5.74) is 6.89. The van der Waals surface area contributed by atoms with Crippen molar-refractivity contribution in [1.29, 1.82) is 0 Å². The van der Waals surface area contributed by atoms with Gasteiger partial charge in [0.2, 0.25) is 0 Å². The summed E-state index contributed by atoms with van der Waals surface area (Å²) in [5.74, 6) is -0.162. The minimum atomic E-state index is -0.670. The second-order valence-electron chi connectivity index (χ2n) is 6.84. The first-order valence-electron chi connectivity index (χ1n) is 9.19. The van der Waals surface area contributed by atoms with E-state index in [-0.39, 0.29) is 11.9 Å². The van der Waals surface area contributed by atoms with E-state index >= 15 is 0 Å². The van der Waals surface area contributed by atoms with Crippen molar-refractivity contribution in [2.75, 3.05) is 18.4 Å². The zero-order valence-electron chi connectivity index (χ0n) is 15.5. The molecule has 9 heteroatoms. The molecule has 2 aromatic heterocycles. The second-order valence-corrected chi connectivity index (χ2v) is 7.97. The number of nitrogens with zero attached hydrogens (tertiary/aromatic N) is 2. The summed E-state index contributed by atoms with van der Waals surface area (Å²) in [7, 11) is 1.88. The molecule has 0 spiro atoms. The maximum absolute atomic E-state index is 12.8. The highest BCUT2D eigenvalue weighted by Crippen LogP contribution is 2.28. The third-order valence-corrected chi connectivity index (χ3v) is 5.74. The lowest BCUT2D eigenvalue weighted by atomic mass is 10.1. The van der Waals surface area contributed by atoms with Crippen LogP contribution in [-0.4, -0.2) is 40.9 Å². The number of urea groups is 1. The van der Waals surface area contributed by atoms with E-state index in [2.05, 4.69) is 21.0 Å². The van der Waals surface area contributed by atoms with Crippen molar-refractivity contribution in [3.63, 3.8) is 0 Å². The molecule has 1 fully saturated rings. The van der Waals surface area contributed by atoms with Crippen molar-refractivity contribution < 1.29 is 9.59 Å². The highest BCUT2D eigenvalue weighted by Gasteiger charge is 2.21. The van der Waals surface area contributed by atoms with Crippen LogP contribution in [0.5, 0.6) is 0 Å². The number of primary amides is 1. The average molecular weight is 391 g/mol. The lowest BCUT2D eigenvalue weighted by molar-refractivity contribution is 0.0940. The molecule has 146 valence electrons. The Labute approximate surface area is 162 Å². The van der Waals surface area contributed by atoms with E-state index in [1.165, 1.54) is 11.3 Å². The summed E-state index contributed by atoms with van der Waals surface area (Å²) in [6.07, 6.45) is 8.56. The van der Waals surface area contributed by atoms with Gasteiger partial charge in [0, 0.05) is 30.7 Å². The quantitative estimate of drug-likeness (QED) is 0.600. The maximum Gasteiger partial charge on any atom is 0.316 e. The number of nitrogens with one attached hydrogen (secondary N) is 3. The molecule has 8 nitrogen and oxygen atoms in total. The van der Waals surface area contributed by atoms with Crippen molar-refractivity contribution in [1.82, 2.24) is 20.4 Å². The number of rotatable bonds is 6. The molecule has 3 heterocycles. The molecule has 0 saturated carbocycles. The number of hydrogen-bond donors (Lipinski definition) is 4. The summed E-state index contributed by atoms with van der Waals surface area (Å²) < 4.78 is 1.77. The monoisotopic (exact) mass is 390 g/mol. The van der Waals surface area contributed by atoms with Gasteiger partial charge in [-0.15, -0.1) is 11.3 Å². The van der Waals surface area contributed by atoms with Gasteiger partial charge >= 0.3 is 6.03 Å². The minimum absolute atomic E-state index is 0.0994. The SMILES string of the molecule is Cn1cc(CCc2cc(NC(N)=O)c(C(=O)NC3CCCCNC3)s2)cn1. The fraction of sp³-hybridized carbons (Fsp3) is 0.500. The van der Waals surface area contributed by atoms with Gasteiger partial charge in [0.1, 0.15) is 4.88 Å². The zero-order chi connectivity index (χ0) is 19.2. The Morgan fingerprint density at radius 2 is 2.26 bits per heavy atom. The molecule has 1 aliphatic heterocycles. The van der Waals surface area contributed by atoms with Gasteiger partial charge in [0.15, 0.2) is 0 Å². The highest BCUT2D eigenvalue weighted by atomic mass is 32.1. The Morgan fingerprint density at radius 3 is 3.00 bits per heavy atom. The summed E-state index contributed by atoms with van der Waals surface area (Å²) in [5, 5.41) is 13.2. The van der Waals surface area contributed by atoms with E-state index in [1.54, 1.807) is 4.68 Å². The highest BCUT2D eigenvalue weighted by molar-refractivity contribution is 7.14. The Kier molecular flexibility index (Phi) is 6.46. The molecular formula is C18H26N6O2S. The van der Waals surface area contributed by atoms with Crippen LogP contribution in [0.15, 0.2) is 18.5 Å². The van der Waals surface area contributed by atoms with Crippen LogP contribution >= 0.6 is 11.3 Å². The van der Waals surface area contributed by atoms with Crippen molar-refractivity contribution >= 4 is 29.0 Å². The van der Waals surface area contributed by atoms with Gasteiger partial charge in [-0.25, -0.2) is 4.79 Å².